The molecule has 0 aromatic rings. The molecule has 1 heteroatoms. The fourth-order valence-corrected chi connectivity index (χ4v) is 6.76. The van der Waals surface area contributed by atoms with Gasteiger partial charge in [0.05, 0.1) is 8.80 Å². The first-order valence-corrected chi connectivity index (χ1v) is 10.0. The summed E-state index contributed by atoms with van der Waals surface area (Å²) in [5.74, 6) is 0.628. The molecule has 2 aliphatic carbocycles. The van der Waals surface area contributed by atoms with Gasteiger partial charge in [0.25, 0.3) is 0 Å². The van der Waals surface area contributed by atoms with Gasteiger partial charge < -0.3 is 0 Å². The zero-order valence-corrected chi connectivity index (χ0v) is 14.2. The zero-order valence-electron chi connectivity index (χ0n) is 13.1. The van der Waals surface area contributed by atoms with Gasteiger partial charge in [0.2, 0.25) is 0 Å². The van der Waals surface area contributed by atoms with Gasteiger partial charge in [-0.1, -0.05) is 42.3 Å². The topological polar surface area (TPSA) is 0 Å². The molecular formula is C18H26Si. The number of allylic oxidation sites excluding steroid dienone is 8. The molecule has 1 saturated heterocycles. The molecule has 0 saturated carbocycles. The van der Waals surface area contributed by atoms with E-state index < -0.39 is 8.80 Å². The highest BCUT2D eigenvalue weighted by atomic mass is 28.3. The molecule has 0 amide bonds. The Kier molecular flexibility index (Phi) is 3.21. The summed E-state index contributed by atoms with van der Waals surface area (Å²) < 4.78 is 0. The Morgan fingerprint density at radius 1 is 1.00 bits per heavy atom. The Balaban J connectivity index is 1.95. The van der Waals surface area contributed by atoms with Gasteiger partial charge in [0, 0.05) is 5.92 Å². The molecule has 1 unspecified atom stereocenters. The van der Waals surface area contributed by atoms with Gasteiger partial charge in [0.1, 0.15) is 0 Å². The van der Waals surface area contributed by atoms with Crippen LogP contribution in [0, 0.1) is 5.92 Å². The zero-order chi connectivity index (χ0) is 13.7. The second kappa shape index (κ2) is 4.62. The van der Waals surface area contributed by atoms with Crippen molar-refractivity contribution < 1.29 is 0 Å². The Hall–Kier alpha value is -0.823. The van der Waals surface area contributed by atoms with Crippen molar-refractivity contribution in [1.82, 2.24) is 0 Å². The molecule has 3 aliphatic rings. The van der Waals surface area contributed by atoms with Crippen LogP contribution in [-0.2, 0) is 0 Å². The molecule has 0 radical (unpaired) electrons. The highest BCUT2D eigenvalue weighted by molar-refractivity contribution is 6.69. The summed E-state index contributed by atoms with van der Waals surface area (Å²) in [6.07, 6.45) is 5.32. The lowest BCUT2D eigenvalue weighted by atomic mass is 9.89. The molecule has 1 atom stereocenters. The third-order valence-electron chi connectivity index (χ3n) is 5.94. The Bertz CT molecular complexity index is 550. The van der Waals surface area contributed by atoms with Crippen molar-refractivity contribution in [3.8, 4) is 0 Å². The third-order valence-corrected chi connectivity index (χ3v) is 9.81. The van der Waals surface area contributed by atoms with Crippen LogP contribution in [0.5, 0.6) is 0 Å². The van der Waals surface area contributed by atoms with Crippen LogP contribution >= 0.6 is 0 Å². The van der Waals surface area contributed by atoms with E-state index in [0.29, 0.717) is 5.92 Å². The molecule has 1 fully saturated rings. The summed E-state index contributed by atoms with van der Waals surface area (Å²) in [6, 6.07) is 3.13. The molecule has 1 aliphatic heterocycles. The van der Waals surface area contributed by atoms with Gasteiger partial charge in [-0.05, 0) is 62.0 Å². The van der Waals surface area contributed by atoms with Crippen molar-refractivity contribution in [2.45, 2.75) is 59.5 Å². The molecule has 0 aromatic carbocycles. The average Bonchev–Trinajstić information content (AvgIpc) is 2.75. The third kappa shape index (κ3) is 1.86. The monoisotopic (exact) mass is 270 g/mol. The van der Waals surface area contributed by atoms with Crippen molar-refractivity contribution >= 4 is 8.80 Å². The highest BCUT2D eigenvalue weighted by Gasteiger charge is 2.32. The van der Waals surface area contributed by atoms with E-state index in [4.69, 9.17) is 0 Å². The standard InChI is InChI=1S/C18H26Si/c1-11-12(2)14(4)18(13(11)3)16-7-8-17(15(16)5)19-9-6-10-19/h7,13,19H,6,8-10H2,1-5H3. The molecule has 1 heterocycles. The fraction of sp³-hybridized carbons (Fsp3) is 0.556. The first-order valence-electron chi connectivity index (χ1n) is 7.81. The molecule has 0 aromatic heterocycles. The van der Waals surface area contributed by atoms with Crippen molar-refractivity contribution in [2.75, 3.05) is 0 Å². The van der Waals surface area contributed by atoms with Crippen LogP contribution < -0.4 is 0 Å². The normalized spacial score (nSPS) is 28.5. The van der Waals surface area contributed by atoms with E-state index >= 15 is 0 Å². The molecule has 0 N–H and O–H groups in total. The van der Waals surface area contributed by atoms with E-state index in [2.05, 4.69) is 40.7 Å². The molecule has 102 valence electrons. The molecule has 0 bridgehead atoms. The summed E-state index contributed by atoms with van der Waals surface area (Å²) in [6.45, 7) is 11.7. The first-order chi connectivity index (χ1) is 9.02. The van der Waals surface area contributed by atoms with E-state index in [0.717, 1.165) is 0 Å². The minimum Gasteiger partial charge on any atom is -0.0769 e. The van der Waals surface area contributed by atoms with Crippen molar-refractivity contribution in [3.05, 3.63) is 44.7 Å². The minimum atomic E-state index is -0.473. The van der Waals surface area contributed by atoms with Crippen LogP contribution in [0.1, 0.15) is 47.5 Å². The summed E-state index contributed by atoms with van der Waals surface area (Å²) in [5, 5.41) is 1.89. The predicted molar refractivity (Wildman–Crippen MR) is 87.0 cm³/mol. The fourth-order valence-electron chi connectivity index (χ4n) is 4.03. The average molecular weight is 270 g/mol. The quantitative estimate of drug-likeness (QED) is 0.612. The second-order valence-electron chi connectivity index (χ2n) is 6.67. The Morgan fingerprint density at radius 3 is 2.16 bits per heavy atom. The summed E-state index contributed by atoms with van der Waals surface area (Å²) in [5.41, 5.74) is 9.57. The molecule has 0 nitrogen and oxygen atoms in total. The molecule has 3 rings (SSSR count). The Labute approximate surface area is 119 Å². The maximum atomic E-state index is 2.54. The van der Waals surface area contributed by atoms with Crippen LogP contribution in [0.15, 0.2) is 44.7 Å². The minimum absolute atomic E-state index is 0.473. The lowest BCUT2D eigenvalue weighted by Gasteiger charge is -2.26. The van der Waals surface area contributed by atoms with Crippen LogP contribution in [-0.4, -0.2) is 8.80 Å². The summed E-state index contributed by atoms with van der Waals surface area (Å²) in [7, 11) is -0.473. The van der Waals surface area contributed by atoms with Crippen LogP contribution in [0.2, 0.25) is 12.1 Å². The van der Waals surface area contributed by atoms with E-state index in [1.165, 1.54) is 18.4 Å². The van der Waals surface area contributed by atoms with Crippen molar-refractivity contribution in [1.29, 1.82) is 0 Å². The second-order valence-corrected chi connectivity index (χ2v) is 9.91. The highest BCUT2D eigenvalue weighted by Crippen LogP contribution is 2.46. The number of hydrogen-bond donors (Lipinski definition) is 0. The summed E-state index contributed by atoms with van der Waals surface area (Å²) >= 11 is 0. The molecule has 0 spiro atoms. The van der Waals surface area contributed by atoms with Crippen LogP contribution in [0.3, 0.4) is 0 Å². The van der Waals surface area contributed by atoms with Crippen molar-refractivity contribution in [2.24, 2.45) is 5.92 Å². The van der Waals surface area contributed by atoms with Gasteiger partial charge in [0.15, 0.2) is 0 Å². The van der Waals surface area contributed by atoms with E-state index in [1.807, 2.05) is 5.20 Å². The number of hydrogen-bond acceptors (Lipinski definition) is 0. The maximum Gasteiger partial charge on any atom is 0.0664 e. The van der Waals surface area contributed by atoms with E-state index in [1.54, 1.807) is 40.0 Å². The van der Waals surface area contributed by atoms with Gasteiger partial charge >= 0.3 is 0 Å². The van der Waals surface area contributed by atoms with Gasteiger partial charge in [-0.15, -0.1) is 0 Å². The van der Waals surface area contributed by atoms with Crippen molar-refractivity contribution in [3.63, 3.8) is 0 Å². The lowest BCUT2D eigenvalue weighted by molar-refractivity contribution is 0.825. The first kappa shape index (κ1) is 13.2. The maximum absolute atomic E-state index is 2.54. The van der Waals surface area contributed by atoms with Gasteiger partial charge in [-0.25, -0.2) is 0 Å². The number of rotatable bonds is 2. The van der Waals surface area contributed by atoms with E-state index in [-0.39, 0.29) is 0 Å². The van der Waals surface area contributed by atoms with Crippen LogP contribution in [0.25, 0.3) is 0 Å². The smallest absolute Gasteiger partial charge is 0.0664 e. The lowest BCUT2D eigenvalue weighted by Crippen LogP contribution is -2.24. The van der Waals surface area contributed by atoms with E-state index in [9.17, 15) is 0 Å². The molecular weight excluding hydrogens is 244 g/mol. The van der Waals surface area contributed by atoms with Gasteiger partial charge in [-0.2, -0.15) is 0 Å². The molecule has 19 heavy (non-hydrogen) atoms. The largest absolute Gasteiger partial charge is 0.0769 e. The van der Waals surface area contributed by atoms with Gasteiger partial charge in [-0.3, -0.25) is 0 Å². The summed E-state index contributed by atoms with van der Waals surface area (Å²) in [4.78, 5) is 0. The Morgan fingerprint density at radius 2 is 1.68 bits per heavy atom. The van der Waals surface area contributed by atoms with Crippen LogP contribution in [0.4, 0.5) is 0 Å². The SMILES string of the molecule is CC1=C(C)C(C)C(C2=CCC([SiH]3CCC3)=C2C)=C1C. The predicted octanol–water partition coefficient (Wildman–Crippen LogP) is 5.11.